The summed E-state index contributed by atoms with van der Waals surface area (Å²) in [4.78, 5) is 19.6. The van der Waals surface area contributed by atoms with Crippen LogP contribution in [-0.4, -0.2) is 47.1 Å². The van der Waals surface area contributed by atoms with E-state index in [4.69, 9.17) is 5.11 Å². The van der Waals surface area contributed by atoms with Gasteiger partial charge in [0.2, 0.25) is 0 Å². The third-order valence-corrected chi connectivity index (χ3v) is 5.23. The second kappa shape index (κ2) is 7.04. The third kappa shape index (κ3) is 3.82. The highest BCUT2D eigenvalue weighted by molar-refractivity contribution is 7.99. The molecule has 114 valence electrons. The third-order valence-electron chi connectivity index (χ3n) is 2.99. The standard InChI is InChI=1S/C13H17N3O3S2/c1-3-21(19)7-6-16-12-11(9(2)4-5-14-12)15-13(16)20-8-10(17)18/h4-5H,3,6-8H2,1-2H3,(H,17,18). The fourth-order valence-corrected chi connectivity index (χ4v) is 3.31. The van der Waals surface area contributed by atoms with E-state index < -0.39 is 16.8 Å². The number of aliphatic carboxylic acids is 1. The van der Waals surface area contributed by atoms with Crippen LogP contribution in [-0.2, 0) is 22.1 Å². The van der Waals surface area contributed by atoms with Gasteiger partial charge in [-0.25, -0.2) is 9.97 Å². The lowest BCUT2D eigenvalue weighted by atomic mass is 10.3. The van der Waals surface area contributed by atoms with Gasteiger partial charge in [0.05, 0.1) is 5.75 Å². The maximum Gasteiger partial charge on any atom is 0.313 e. The first kappa shape index (κ1) is 16.0. The number of pyridine rings is 1. The van der Waals surface area contributed by atoms with Gasteiger partial charge >= 0.3 is 5.97 Å². The molecule has 2 rings (SSSR count). The number of carbonyl (C=O) groups is 1. The predicted octanol–water partition coefficient (Wildman–Crippen LogP) is 1.69. The molecule has 0 spiro atoms. The maximum absolute atomic E-state index is 11.6. The Morgan fingerprint density at radius 3 is 2.95 bits per heavy atom. The summed E-state index contributed by atoms with van der Waals surface area (Å²) in [5, 5.41) is 9.44. The van der Waals surface area contributed by atoms with E-state index in [9.17, 15) is 9.00 Å². The minimum absolute atomic E-state index is 0.0563. The van der Waals surface area contributed by atoms with Gasteiger partial charge in [0.1, 0.15) is 5.52 Å². The van der Waals surface area contributed by atoms with E-state index in [1.807, 2.05) is 24.5 Å². The van der Waals surface area contributed by atoms with E-state index in [-0.39, 0.29) is 5.75 Å². The number of hydrogen-bond donors (Lipinski definition) is 1. The summed E-state index contributed by atoms with van der Waals surface area (Å²) in [6.45, 7) is 4.34. The van der Waals surface area contributed by atoms with E-state index in [0.717, 1.165) is 28.5 Å². The van der Waals surface area contributed by atoms with Gasteiger partial charge in [-0.3, -0.25) is 9.00 Å². The molecule has 0 aliphatic carbocycles. The number of hydrogen-bond acceptors (Lipinski definition) is 5. The molecule has 1 unspecified atom stereocenters. The molecule has 0 aliphatic heterocycles. The topological polar surface area (TPSA) is 85.1 Å². The van der Waals surface area contributed by atoms with Gasteiger partial charge in [-0.15, -0.1) is 0 Å². The summed E-state index contributed by atoms with van der Waals surface area (Å²) >= 11 is 1.16. The van der Waals surface area contributed by atoms with Crippen molar-refractivity contribution in [2.75, 3.05) is 17.3 Å². The molecule has 0 saturated heterocycles. The molecule has 0 aliphatic rings. The number of thioether (sulfide) groups is 1. The van der Waals surface area contributed by atoms with Crippen molar-refractivity contribution in [3.05, 3.63) is 17.8 Å². The van der Waals surface area contributed by atoms with Crippen LogP contribution in [0.2, 0.25) is 0 Å². The van der Waals surface area contributed by atoms with Gasteiger partial charge in [0.15, 0.2) is 10.8 Å². The van der Waals surface area contributed by atoms with Crippen LogP contribution in [0.25, 0.3) is 11.2 Å². The molecular formula is C13H17N3O3S2. The number of rotatable bonds is 7. The van der Waals surface area contributed by atoms with Crippen molar-refractivity contribution in [3.8, 4) is 0 Å². The summed E-state index contributed by atoms with van der Waals surface area (Å²) < 4.78 is 13.5. The van der Waals surface area contributed by atoms with Gasteiger partial charge < -0.3 is 9.67 Å². The van der Waals surface area contributed by atoms with Crippen LogP contribution in [0.3, 0.4) is 0 Å². The zero-order valence-electron chi connectivity index (χ0n) is 11.9. The van der Waals surface area contributed by atoms with Crippen LogP contribution in [0.5, 0.6) is 0 Å². The Kier molecular flexibility index (Phi) is 5.35. The Morgan fingerprint density at radius 2 is 2.29 bits per heavy atom. The highest BCUT2D eigenvalue weighted by atomic mass is 32.2. The number of aryl methyl sites for hydroxylation is 2. The minimum atomic E-state index is -0.888. The summed E-state index contributed by atoms with van der Waals surface area (Å²) in [7, 11) is -0.883. The Morgan fingerprint density at radius 1 is 1.52 bits per heavy atom. The quantitative estimate of drug-likeness (QED) is 0.779. The highest BCUT2D eigenvalue weighted by Gasteiger charge is 2.15. The van der Waals surface area contributed by atoms with Gasteiger partial charge in [-0.1, -0.05) is 18.7 Å². The Balaban J connectivity index is 2.37. The fraction of sp³-hybridized carbons (Fsp3) is 0.462. The first-order valence-corrected chi connectivity index (χ1v) is 9.01. The van der Waals surface area contributed by atoms with Crippen molar-refractivity contribution in [1.29, 1.82) is 0 Å². The monoisotopic (exact) mass is 327 g/mol. The molecule has 21 heavy (non-hydrogen) atoms. The van der Waals surface area contributed by atoms with Gasteiger partial charge in [0, 0.05) is 35.0 Å². The molecule has 2 heterocycles. The largest absolute Gasteiger partial charge is 0.481 e. The molecule has 0 saturated carbocycles. The molecule has 1 N–H and O–H groups in total. The lowest BCUT2D eigenvalue weighted by Gasteiger charge is -2.07. The van der Waals surface area contributed by atoms with Gasteiger partial charge in [-0.2, -0.15) is 0 Å². The Hall–Kier alpha value is -1.41. The maximum atomic E-state index is 11.6. The Bertz CT molecular complexity index is 685. The van der Waals surface area contributed by atoms with Crippen molar-refractivity contribution in [1.82, 2.24) is 14.5 Å². The van der Waals surface area contributed by atoms with E-state index >= 15 is 0 Å². The molecule has 0 radical (unpaired) electrons. The molecule has 0 bridgehead atoms. The number of carboxylic acid groups (broad SMARTS) is 1. The molecule has 0 fully saturated rings. The van der Waals surface area contributed by atoms with E-state index in [1.54, 1.807) is 6.20 Å². The van der Waals surface area contributed by atoms with Crippen molar-refractivity contribution >= 4 is 39.7 Å². The molecule has 1 atom stereocenters. The molecule has 0 amide bonds. The van der Waals surface area contributed by atoms with Crippen LogP contribution in [0.15, 0.2) is 17.4 Å². The number of fused-ring (bicyclic) bond motifs is 1. The average molecular weight is 327 g/mol. The van der Waals surface area contributed by atoms with Crippen LogP contribution < -0.4 is 0 Å². The molecule has 2 aromatic heterocycles. The van der Waals surface area contributed by atoms with Crippen molar-refractivity contribution < 1.29 is 14.1 Å². The average Bonchev–Trinajstić information content (AvgIpc) is 2.82. The van der Waals surface area contributed by atoms with Crippen LogP contribution in [0.1, 0.15) is 12.5 Å². The van der Waals surface area contributed by atoms with Crippen LogP contribution >= 0.6 is 11.8 Å². The van der Waals surface area contributed by atoms with Crippen molar-refractivity contribution in [2.45, 2.75) is 25.5 Å². The molecule has 6 nitrogen and oxygen atoms in total. The summed E-state index contributed by atoms with van der Waals surface area (Å²) in [6.07, 6.45) is 1.71. The van der Waals surface area contributed by atoms with E-state index in [2.05, 4.69) is 9.97 Å². The zero-order chi connectivity index (χ0) is 15.4. The number of imidazole rings is 1. The molecule has 8 heteroatoms. The van der Waals surface area contributed by atoms with Crippen LogP contribution in [0.4, 0.5) is 0 Å². The normalized spacial score (nSPS) is 12.7. The fourth-order valence-electron chi connectivity index (χ4n) is 1.89. The second-order valence-corrected chi connectivity index (χ2v) is 7.27. The first-order chi connectivity index (χ1) is 10.0. The molecular weight excluding hydrogens is 310 g/mol. The second-order valence-electron chi connectivity index (χ2n) is 4.46. The Labute approximate surface area is 129 Å². The lowest BCUT2D eigenvalue weighted by molar-refractivity contribution is -0.133. The van der Waals surface area contributed by atoms with Gasteiger partial charge in [-0.05, 0) is 18.6 Å². The van der Waals surface area contributed by atoms with E-state index in [0.29, 0.717) is 23.2 Å². The summed E-state index contributed by atoms with van der Waals surface area (Å²) in [5.41, 5.74) is 2.48. The van der Waals surface area contributed by atoms with Gasteiger partial charge in [0.25, 0.3) is 0 Å². The lowest BCUT2D eigenvalue weighted by Crippen LogP contribution is -2.11. The first-order valence-electron chi connectivity index (χ1n) is 6.54. The number of carboxylic acids is 1. The number of nitrogens with zero attached hydrogens (tertiary/aromatic N) is 3. The van der Waals surface area contributed by atoms with Crippen molar-refractivity contribution in [2.24, 2.45) is 0 Å². The van der Waals surface area contributed by atoms with E-state index in [1.165, 1.54) is 0 Å². The minimum Gasteiger partial charge on any atom is -0.481 e. The molecule has 0 aromatic carbocycles. The predicted molar refractivity (Wildman–Crippen MR) is 84.2 cm³/mol. The van der Waals surface area contributed by atoms with Crippen LogP contribution in [0, 0.1) is 6.92 Å². The molecule has 2 aromatic rings. The SMILES string of the molecule is CCS(=O)CCn1c(SCC(=O)O)nc2c(C)ccnc21. The summed E-state index contributed by atoms with van der Waals surface area (Å²) in [6, 6.07) is 1.87. The highest BCUT2D eigenvalue weighted by Crippen LogP contribution is 2.24. The smallest absolute Gasteiger partial charge is 0.313 e. The summed E-state index contributed by atoms with van der Waals surface area (Å²) in [5.74, 6) is 0.175. The van der Waals surface area contributed by atoms with Crippen molar-refractivity contribution in [3.63, 3.8) is 0 Å². The number of aromatic nitrogens is 3. The zero-order valence-corrected chi connectivity index (χ0v) is 13.5.